The van der Waals surface area contributed by atoms with Gasteiger partial charge < -0.3 is 19.8 Å². The van der Waals surface area contributed by atoms with E-state index in [0.717, 1.165) is 23.6 Å². The minimum Gasteiger partial charge on any atom is -0.376 e. The van der Waals surface area contributed by atoms with Gasteiger partial charge in [-0.25, -0.2) is 0 Å². The van der Waals surface area contributed by atoms with E-state index in [0.29, 0.717) is 19.8 Å². The van der Waals surface area contributed by atoms with Crippen molar-refractivity contribution >= 4 is 22.5 Å². The molecule has 0 radical (unpaired) electrons. The molecule has 1 aliphatic rings. The maximum atomic E-state index is 5.97. The standard InChI is InChI=1S/C14H17ClN2O2/c15-11-1-2-13-10(7-17-14(13)5-11)6-16-8-12-9-18-3-4-19-12/h1-2,5,7,12,16-17H,3-4,6,8-9H2. The van der Waals surface area contributed by atoms with Crippen molar-refractivity contribution in [3.05, 3.63) is 35.0 Å². The van der Waals surface area contributed by atoms with Crippen LogP contribution in [0, 0.1) is 0 Å². The number of rotatable bonds is 4. The molecular weight excluding hydrogens is 264 g/mol. The number of hydrogen-bond donors (Lipinski definition) is 2. The van der Waals surface area contributed by atoms with Crippen LogP contribution in [0.15, 0.2) is 24.4 Å². The summed E-state index contributed by atoms with van der Waals surface area (Å²) in [6.07, 6.45) is 2.18. The molecule has 0 amide bonds. The average molecular weight is 281 g/mol. The number of fused-ring (bicyclic) bond motifs is 1. The molecule has 1 unspecified atom stereocenters. The third-order valence-corrected chi connectivity index (χ3v) is 3.54. The number of aromatic nitrogens is 1. The van der Waals surface area contributed by atoms with Crippen molar-refractivity contribution in [3.8, 4) is 0 Å². The van der Waals surface area contributed by atoms with E-state index >= 15 is 0 Å². The Hall–Kier alpha value is -1.07. The summed E-state index contributed by atoms with van der Waals surface area (Å²) >= 11 is 5.97. The summed E-state index contributed by atoms with van der Waals surface area (Å²) in [6.45, 7) is 3.69. The zero-order chi connectivity index (χ0) is 13.1. The molecule has 1 fully saturated rings. The van der Waals surface area contributed by atoms with E-state index in [1.165, 1.54) is 10.9 Å². The van der Waals surface area contributed by atoms with E-state index < -0.39 is 0 Å². The normalized spacial score (nSPS) is 19.9. The summed E-state index contributed by atoms with van der Waals surface area (Å²) in [5.41, 5.74) is 2.31. The van der Waals surface area contributed by atoms with Crippen molar-refractivity contribution in [1.82, 2.24) is 10.3 Å². The lowest BCUT2D eigenvalue weighted by molar-refractivity contribution is -0.0864. The Morgan fingerprint density at radius 3 is 3.16 bits per heavy atom. The number of hydrogen-bond acceptors (Lipinski definition) is 3. The van der Waals surface area contributed by atoms with Gasteiger partial charge in [0.25, 0.3) is 0 Å². The van der Waals surface area contributed by atoms with E-state index in [2.05, 4.69) is 10.3 Å². The number of H-pyrrole nitrogens is 1. The third kappa shape index (κ3) is 3.09. The Morgan fingerprint density at radius 1 is 1.37 bits per heavy atom. The monoisotopic (exact) mass is 280 g/mol. The highest BCUT2D eigenvalue weighted by atomic mass is 35.5. The third-order valence-electron chi connectivity index (χ3n) is 3.30. The smallest absolute Gasteiger partial charge is 0.0933 e. The van der Waals surface area contributed by atoms with Crippen molar-refractivity contribution in [1.29, 1.82) is 0 Å². The second-order valence-electron chi connectivity index (χ2n) is 4.70. The molecule has 0 spiro atoms. The van der Waals surface area contributed by atoms with Crippen LogP contribution in [0.3, 0.4) is 0 Å². The molecule has 0 aliphatic carbocycles. The van der Waals surface area contributed by atoms with Crippen LogP contribution in [0.2, 0.25) is 5.02 Å². The van der Waals surface area contributed by atoms with Gasteiger partial charge in [0.1, 0.15) is 0 Å². The Labute approximate surface area is 117 Å². The van der Waals surface area contributed by atoms with Gasteiger partial charge in [-0.3, -0.25) is 0 Å². The van der Waals surface area contributed by atoms with E-state index in [9.17, 15) is 0 Å². The molecule has 1 saturated heterocycles. The Kier molecular flexibility index (Phi) is 4.03. The molecule has 2 N–H and O–H groups in total. The van der Waals surface area contributed by atoms with Gasteiger partial charge in [0.05, 0.1) is 25.9 Å². The van der Waals surface area contributed by atoms with Crippen LogP contribution in [-0.4, -0.2) is 37.5 Å². The Morgan fingerprint density at radius 2 is 2.32 bits per heavy atom. The lowest BCUT2D eigenvalue weighted by atomic mass is 10.2. The van der Waals surface area contributed by atoms with Crippen LogP contribution in [0.4, 0.5) is 0 Å². The Bertz CT molecular complexity index is 549. The molecule has 19 heavy (non-hydrogen) atoms. The Balaban J connectivity index is 1.59. The van der Waals surface area contributed by atoms with Gasteiger partial charge in [-0.15, -0.1) is 0 Å². The first-order valence-electron chi connectivity index (χ1n) is 6.48. The second kappa shape index (κ2) is 5.92. The highest BCUT2D eigenvalue weighted by molar-refractivity contribution is 6.31. The van der Waals surface area contributed by atoms with E-state index in [1.807, 2.05) is 24.4 Å². The number of benzene rings is 1. The number of halogens is 1. The van der Waals surface area contributed by atoms with Gasteiger partial charge in [-0.1, -0.05) is 17.7 Å². The van der Waals surface area contributed by atoms with Gasteiger partial charge >= 0.3 is 0 Å². The number of ether oxygens (including phenoxy) is 2. The fourth-order valence-corrected chi connectivity index (χ4v) is 2.50. The zero-order valence-corrected chi connectivity index (χ0v) is 11.4. The SMILES string of the molecule is Clc1ccc2c(CNCC3COCCO3)c[nH]c2c1. The maximum Gasteiger partial charge on any atom is 0.0933 e. The quantitative estimate of drug-likeness (QED) is 0.904. The van der Waals surface area contributed by atoms with E-state index in [1.54, 1.807) is 0 Å². The van der Waals surface area contributed by atoms with Gasteiger partial charge in [-0.2, -0.15) is 0 Å². The zero-order valence-electron chi connectivity index (χ0n) is 10.6. The fraction of sp³-hybridized carbons (Fsp3) is 0.429. The molecule has 1 atom stereocenters. The van der Waals surface area contributed by atoms with Crippen LogP contribution in [-0.2, 0) is 16.0 Å². The first-order valence-corrected chi connectivity index (χ1v) is 6.86. The highest BCUT2D eigenvalue weighted by Gasteiger charge is 2.13. The molecule has 4 nitrogen and oxygen atoms in total. The molecule has 5 heteroatoms. The van der Waals surface area contributed by atoms with Crippen molar-refractivity contribution in [2.75, 3.05) is 26.4 Å². The van der Waals surface area contributed by atoms with Gasteiger partial charge in [0.2, 0.25) is 0 Å². The fourth-order valence-electron chi connectivity index (χ4n) is 2.33. The van der Waals surface area contributed by atoms with Crippen LogP contribution >= 0.6 is 11.6 Å². The lowest BCUT2D eigenvalue weighted by Crippen LogP contribution is -2.37. The summed E-state index contributed by atoms with van der Waals surface area (Å²) in [7, 11) is 0. The molecule has 1 aromatic heterocycles. The molecule has 2 heterocycles. The molecule has 102 valence electrons. The summed E-state index contributed by atoms with van der Waals surface area (Å²) in [6, 6.07) is 5.91. The number of nitrogens with one attached hydrogen (secondary N) is 2. The molecule has 0 saturated carbocycles. The predicted molar refractivity (Wildman–Crippen MR) is 75.6 cm³/mol. The summed E-state index contributed by atoms with van der Waals surface area (Å²) in [4.78, 5) is 3.24. The minimum absolute atomic E-state index is 0.161. The topological polar surface area (TPSA) is 46.3 Å². The largest absolute Gasteiger partial charge is 0.376 e. The first kappa shape index (κ1) is 12.9. The van der Waals surface area contributed by atoms with Gasteiger partial charge in [-0.05, 0) is 17.7 Å². The van der Waals surface area contributed by atoms with Crippen molar-refractivity contribution in [3.63, 3.8) is 0 Å². The van der Waals surface area contributed by atoms with Crippen LogP contribution < -0.4 is 5.32 Å². The predicted octanol–water partition coefficient (Wildman–Crippen LogP) is 2.33. The van der Waals surface area contributed by atoms with Gasteiger partial charge in [0, 0.05) is 35.2 Å². The molecule has 3 rings (SSSR count). The lowest BCUT2D eigenvalue weighted by Gasteiger charge is -2.23. The summed E-state index contributed by atoms with van der Waals surface area (Å²) in [5, 5.41) is 5.36. The summed E-state index contributed by atoms with van der Waals surface area (Å²) < 4.78 is 11.0. The second-order valence-corrected chi connectivity index (χ2v) is 5.14. The molecule has 0 bridgehead atoms. The average Bonchev–Trinajstić information content (AvgIpc) is 2.82. The first-order chi connectivity index (χ1) is 9.33. The van der Waals surface area contributed by atoms with Crippen LogP contribution in [0.1, 0.15) is 5.56 Å². The van der Waals surface area contributed by atoms with Crippen molar-refractivity contribution in [2.24, 2.45) is 0 Å². The van der Waals surface area contributed by atoms with Crippen molar-refractivity contribution in [2.45, 2.75) is 12.6 Å². The highest BCUT2D eigenvalue weighted by Crippen LogP contribution is 2.21. The molecule has 1 aromatic carbocycles. The van der Waals surface area contributed by atoms with Crippen molar-refractivity contribution < 1.29 is 9.47 Å². The minimum atomic E-state index is 0.161. The maximum absolute atomic E-state index is 5.97. The molecule has 1 aliphatic heterocycles. The van der Waals surface area contributed by atoms with E-state index in [-0.39, 0.29) is 6.10 Å². The van der Waals surface area contributed by atoms with Gasteiger partial charge in [0.15, 0.2) is 0 Å². The van der Waals surface area contributed by atoms with Crippen LogP contribution in [0.5, 0.6) is 0 Å². The van der Waals surface area contributed by atoms with Crippen LogP contribution in [0.25, 0.3) is 10.9 Å². The summed E-state index contributed by atoms with van der Waals surface area (Å²) in [5.74, 6) is 0. The van der Waals surface area contributed by atoms with E-state index in [4.69, 9.17) is 21.1 Å². The molecule has 2 aromatic rings. The molecular formula is C14H17ClN2O2. The number of aromatic amines is 1.